The van der Waals surface area contributed by atoms with E-state index in [-0.39, 0.29) is 36.0 Å². The van der Waals surface area contributed by atoms with Gasteiger partial charge in [0.05, 0.1) is 17.1 Å². The number of thiazole rings is 1. The van der Waals surface area contributed by atoms with Crippen LogP contribution in [-0.2, 0) is 21.2 Å². The van der Waals surface area contributed by atoms with Crippen molar-refractivity contribution in [3.05, 3.63) is 40.4 Å². The second-order valence-corrected chi connectivity index (χ2v) is 9.19. The molecule has 2 amide bonds. The third kappa shape index (κ3) is 4.18. The number of anilines is 1. The highest BCUT2D eigenvalue weighted by molar-refractivity contribution is 7.89. The van der Waals surface area contributed by atoms with E-state index in [1.54, 1.807) is 6.07 Å². The van der Waals surface area contributed by atoms with Crippen LogP contribution in [0.5, 0.6) is 0 Å². The zero-order valence-electron chi connectivity index (χ0n) is 15.0. The third-order valence-electron chi connectivity index (χ3n) is 4.19. The number of hydrogen-bond acceptors (Lipinski definition) is 6. The molecule has 144 valence electrons. The first-order valence-electron chi connectivity index (χ1n) is 8.46. The number of sulfonamides is 1. The molecule has 0 saturated carbocycles. The molecule has 0 atom stereocenters. The second-order valence-electron chi connectivity index (χ2n) is 6.05. The number of carbonyl (C=O) groups is 2. The van der Waals surface area contributed by atoms with E-state index >= 15 is 0 Å². The molecule has 2 aromatic rings. The van der Waals surface area contributed by atoms with Gasteiger partial charge in [0.25, 0.3) is 5.91 Å². The number of amides is 2. The molecule has 1 aliphatic rings. The number of nitrogens with zero attached hydrogens (tertiary/aromatic N) is 2. The van der Waals surface area contributed by atoms with Crippen LogP contribution in [0.1, 0.15) is 27.9 Å². The molecule has 27 heavy (non-hydrogen) atoms. The van der Waals surface area contributed by atoms with Crippen LogP contribution in [0.25, 0.3) is 0 Å². The van der Waals surface area contributed by atoms with Gasteiger partial charge >= 0.3 is 0 Å². The van der Waals surface area contributed by atoms with Gasteiger partial charge in [-0.05, 0) is 31.5 Å². The summed E-state index contributed by atoms with van der Waals surface area (Å²) in [7, 11) is -3.85. The molecule has 0 radical (unpaired) electrons. The summed E-state index contributed by atoms with van der Waals surface area (Å²) in [4.78, 5) is 29.4. The van der Waals surface area contributed by atoms with Gasteiger partial charge in [0.15, 0.2) is 5.13 Å². The summed E-state index contributed by atoms with van der Waals surface area (Å²) in [5.41, 5.74) is 1.14. The standard InChI is InChI=1S/C17H20N4O4S2/c1-3-14-11(2)26-17(19-14)20-16(23)12-5-4-6-13(9-12)27(24,25)21-8-7-18-15(22)10-21/h4-6,9H,3,7-8,10H2,1-2H3,(H,18,22)(H,19,20,23). The fourth-order valence-corrected chi connectivity index (χ4v) is 5.09. The average Bonchev–Trinajstić information content (AvgIpc) is 3.01. The average molecular weight is 409 g/mol. The molecule has 0 unspecified atom stereocenters. The lowest BCUT2D eigenvalue weighted by Gasteiger charge is -2.26. The molecular formula is C17H20N4O4S2. The smallest absolute Gasteiger partial charge is 0.257 e. The fraction of sp³-hybridized carbons (Fsp3) is 0.353. The van der Waals surface area contributed by atoms with Crippen molar-refractivity contribution in [3.8, 4) is 0 Å². The maximum absolute atomic E-state index is 12.8. The van der Waals surface area contributed by atoms with Crippen LogP contribution in [0.15, 0.2) is 29.2 Å². The Hall–Kier alpha value is -2.30. The molecule has 0 spiro atoms. The zero-order valence-corrected chi connectivity index (χ0v) is 16.6. The van der Waals surface area contributed by atoms with Crippen molar-refractivity contribution in [2.45, 2.75) is 25.2 Å². The number of aromatic nitrogens is 1. The molecule has 2 N–H and O–H groups in total. The minimum absolute atomic E-state index is 0.0191. The minimum Gasteiger partial charge on any atom is -0.354 e. The lowest BCUT2D eigenvalue weighted by molar-refractivity contribution is -0.122. The Bertz CT molecular complexity index is 985. The van der Waals surface area contributed by atoms with Gasteiger partial charge < -0.3 is 5.32 Å². The molecule has 1 aromatic heterocycles. The van der Waals surface area contributed by atoms with Crippen LogP contribution in [0.2, 0.25) is 0 Å². The highest BCUT2D eigenvalue weighted by atomic mass is 32.2. The van der Waals surface area contributed by atoms with Gasteiger partial charge in [-0.3, -0.25) is 14.9 Å². The maximum Gasteiger partial charge on any atom is 0.257 e. The monoisotopic (exact) mass is 408 g/mol. The molecule has 1 aromatic carbocycles. The van der Waals surface area contributed by atoms with Crippen molar-refractivity contribution >= 4 is 38.3 Å². The summed E-state index contributed by atoms with van der Waals surface area (Å²) in [6.07, 6.45) is 0.773. The van der Waals surface area contributed by atoms with Crippen molar-refractivity contribution in [2.24, 2.45) is 0 Å². The van der Waals surface area contributed by atoms with Gasteiger partial charge in [-0.15, -0.1) is 11.3 Å². The van der Waals surface area contributed by atoms with Crippen molar-refractivity contribution in [2.75, 3.05) is 25.0 Å². The summed E-state index contributed by atoms with van der Waals surface area (Å²) in [5.74, 6) is -0.774. The summed E-state index contributed by atoms with van der Waals surface area (Å²) >= 11 is 1.38. The molecular weight excluding hydrogens is 388 g/mol. The fourth-order valence-electron chi connectivity index (χ4n) is 2.75. The van der Waals surface area contributed by atoms with Crippen molar-refractivity contribution in [1.29, 1.82) is 0 Å². The summed E-state index contributed by atoms with van der Waals surface area (Å²) < 4.78 is 26.6. The van der Waals surface area contributed by atoms with Gasteiger partial charge in [-0.1, -0.05) is 13.0 Å². The Kier molecular flexibility index (Phi) is 5.59. The molecule has 0 aliphatic carbocycles. The highest BCUT2D eigenvalue weighted by Gasteiger charge is 2.29. The first-order valence-corrected chi connectivity index (χ1v) is 10.7. The van der Waals surface area contributed by atoms with E-state index in [1.807, 2.05) is 13.8 Å². The molecule has 10 heteroatoms. The van der Waals surface area contributed by atoms with E-state index in [1.165, 1.54) is 29.5 Å². The summed E-state index contributed by atoms with van der Waals surface area (Å²) in [5, 5.41) is 5.79. The van der Waals surface area contributed by atoms with E-state index < -0.39 is 15.9 Å². The molecule has 0 bridgehead atoms. The Balaban J connectivity index is 1.81. The van der Waals surface area contributed by atoms with Crippen LogP contribution in [0.3, 0.4) is 0 Å². The predicted molar refractivity (Wildman–Crippen MR) is 102 cm³/mol. The third-order valence-corrected chi connectivity index (χ3v) is 6.96. The second kappa shape index (κ2) is 7.75. The number of aryl methyl sites for hydroxylation is 2. The van der Waals surface area contributed by atoms with Gasteiger partial charge in [-0.25, -0.2) is 13.4 Å². The summed E-state index contributed by atoms with van der Waals surface area (Å²) in [6.45, 7) is 4.16. The van der Waals surface area contributed by atoms with E-state index in [0.717, 1.165) is 21.3 Å². The van der Waals surface area contributed by atoms with Gasteiger partial charge in [0.1, 0.15) is 0 Å². The number of nitrogens with one attached hydrogen (secondary N) is 2. The van der Waals surface area contributed by atoms with Crippen LogP contribution < -0.4 is 10.6 Å². The molecule has 2 heterocycles. The maximum atomic E-state index is 12.8. The van der Waals surface area contributed by atoms with Crippen LogP contribution in [-0.4, -0.2) is 49.2 Å². The number of rotatable bonds is 5. The van der Waals surface area contributed by atoms with E-state index in [9.17, 15) is 18.0 Å². The molecule has 1 saturated heterocycles. The first-order chi connectivity index (χ1) is 12.8. The van der Waals surface area contributed by atoms with Gasteiger partial charge in [0, 0.05) is 23.5 Å². The predicted octanol–water partition coefficient (Wildman–Crippen LogP) is 1.39. The van der Waals surface area contributed by atoms with Crippen LogP contribution in [0.4, 0.5) is 5.13 Å². The number of hydrogen-bond donors (Lipinski definition) is 2. The van der Waals surface area contributed by atoms with Crippen LogP contribution in [0, 0.1) is 6.92 Å². The van der Waals surface area contributed by atoms with E-state index in [0.29, 0.717) is 5.13 Å². The largest absolute Gasteiger partial charge is 0.354 e. The van der Waals surface area contributed by atoms with Crippen molar-refractivity contribution in [3.63, 3.8) is 0 Å². The van der Waals surface area contributed by atoms with Crippen molar-refractivity contribution in [1.82, 2.24) is 14.6 Å². The minimum atomic E-state index is -3.85. The Morgan fingerprint density at radius 3 is 2.85 bits per heavy atom. The lowest BCUT2D eigenvalue weighted by Crippen LogP contribution is -2.49. The number of carbonyl (C=O) groups excluding carboxylic acids is 2. The van der Waals surface area contributed by atoms with Gasteiger partial charge in [-0.2, -0.15) is 4.31 Å². The quantitative estimate of drug-likeness (QED) is 0.777. The molecule has 3 rings (SSSR count). The first kappa shape index (κ1) is 19.5. The summed E-state index contributed by atoms with van der Waals surface area (Å²) in [6, 6.07) is 5.79. The zero-order chi connectivity index (χ0) is 19.6. The van der Waals surface area contributed by atoms with Crippen LogP contribution >= 0.6 is 11.3 Å². The van der Waals surface area contributed by atoms with E-state index in [4.69, 9.17) is 0 Å². The Morgan fingerprint density at radius 1 is 1.41 bits per heavy atom. The normalized spacial score (nSPS) is 15.4. The molecule has 1 aliphatic heterocycles. The Morgan fingerprint density at radius 2 is 2.19 bits per heavy atom. The number of piperazine rings is 1. The highest BCUT2D eigenvalue weighted by Crippen LogP contribution is 2.23. The van der Waals surface area contributed by atoms with E-state index in [2.05, 4.69) is 15.6 Å². The lowest BCUT2D eigenvalue weighted by atomic mass is 10.2. The SMILES string of the molecule is CCc1nc(NC(=O)c2cccc(S(=O)(=O)N3CCNC(=O)C3)c2)sc1C. The Labute approximate surface area is 161 Å². The molecule has 1 fully saturated rings. The van der Waals surface area contributed by atoms with Gasteiger partial charge in [0.2, 0.25) is 15.9 Å². The molecule has 8 nitrogen and oxygen atoms in total. The number of benzene rings is 1. The van der Waals surface area contributed by atoms with Crippen molar-refractivity contribution < 1.29 is 18.0 Å². The topological polar surface area (TPSA) is 108 Å².